The van der Waals surface area contributed by atoms with E-state index in [-0.39, 0.29) is 11.5 Å². The SMILES string of the molecule is Cc1ccc(C(N)Cc2nc(C(C)(C)C)cs2)c(C)n1. The van der Waals surface area contributed by atoms with Crippen LogP contribution in [-0.4, -0.2) is 9.97 Å². The Morgan fingerprint density at radius 1 is 1.20 bits per heavy atom. The van der Waals surface area contributed by atoms with Crippen LogP contribution in [0.25, 0.3) is 0 Å². The van der Waals surface area contributed by atoms with Crippen molar-refractivity contribution in [3.05, 3.63) is 45.2 Å². The predicted octanol–water partition coefficient (Wildman–Crippen LogP) is 3.69. The Balaban J connectivity index is 2.15. The van der Waals surface area contributed by atoms with Gasteiger partial charge in [-0.15, -0.1) is 11.3 Å². The normalized spacial score (nSPS) is 13.5. The molecule has 108 valence electrons. The highest BCUT2D eigenvalue weighted by Gasteiger charge is 2.19. The lowest BCUT2D eigenvalue weighted by Gasteiger charge is -2.15. The molecule has 0 spiro atoms. The number of rotatable bonds is 3. The third-order valence-corrected chi connectivity index (χ3v) is 4.25. The topological polar surface area (TPSA) is 51.8 Å². The highest BCUT2D eigenvalue weighted by atomic mass is 32.1. The first-order valence-corrected chi connectivity index (χ1v) is 7.80. The van der Waals surface area contributed by atoms with Crippen molar-refractivity contribution in [2.24, 2.45) is 5.73 Å². The standard InChI is InChI=1S/C16H23N3S/c1-10-6-7-12(11(2)18-10)13(17)8-15-19-14(9-20-15)16(3,4)5/h6-7,9,13H,8,17H2,1-5H3. The first kappa shape index (κ1) is 15.1. The van der Waals surface area contributed by atoms with Gasteiger partial charge in [0.05, 0.1) is 10.7 Å². The minimum Gasteiger partial charge on any atom is -0.324 e. The highest BCUT2D eigenvalue weighted by molar-refractivity contribution is 7.09. The summed E-state index contributed by atoms with van der Waals surface area (Å²) in [5.74, 6) is 0. The molecule has 2 N–H and O–H groups in total. The fraction of sp³-hybridized carbons (Fsp3) is 0.500. The van der Waals surface area contributed by atoms with Gasteiger partial charge in [-0.3, -0.25) is 4.98 Å². The number of nitrogens with two attached hydrogens (primary N) is 1. The Morgan fingerprint density at radius 3 is 2.45 bits per heavy atom. The van der Waals surface area contributed by atoms with Gasteiger partial charge in [0.2, 0.25) is 0 Å². The minimum absolute atomic E-state index is 0.0398. The van der Waals surface area contributed by atoms with Crippen LogP contribution in [0.4, 0.5) is 0 Å². The van der Waals surface area contributed by atoms with Gasteiger partial charge in [0.15, 0.2) is 0 Å². The molecule has 0 aliphatic carbocycles. The number of hydrogen-bond donors (Lipinski definition) is 1. The van der Waals surface area contributed by atoms with Gasteiger partial charge < -0.3 is 5.73 Å². The number of aryl methyl sites for hydroxylation is 2. The van der Waals surface area contributed by atoms with Crippen LogP contribution in [0.15, 0.2) is 17.5 Å². The molecule has 3 nitrogen and oxygen atoms in total. The zero-order valence-corrected chi connectivity index (χ0v) is 13.7. The molecule has 2 aromatic rings. The molecule has 0 radical (unpaired) electrons. The summed E-state index contributed by atoms with van der Waals surface area (Å²) in [4.78, 5) is 9.20. The van der Waals surface area contributed by atoms with Crippen LogP contribution in [0, 0.1) is 13.8 Å². The lowest BCUT2D eigenvalue weighted by Crippen LogP contribution is -2.16. The summed E-state index contributed by atoms with van der Waals surface area (Å²) in [6.45, 7) is 10.6. The predicted molar refractivity (Wildman–Crippen MR) is 85.2 cm³/mol. The molecular formula is C16H23N3S. The second kappa shape index (κ2) is 5.62. The Morgan fingerprint density at radius 2 is 1.90 bits per heavy atom. The average Bonchev–Trinajstić information content (AvgIpc) is 2.76. The van der Waals surface area contributed by atoms with Crippen LogP contribution in [-0.2, 0) is 11.8 Å². The van der Waals surface area contributed by atoms with Crippen LogP contribution in [0.3, 0.4) is 0 Å². The Kier molecular flexibility index (Phi) is 4.25. The van der Waals surface area contributed by atoms with E-state index in [0.29, 0.717) is 0 Å². The number of nitrogens with zero attached hydrogens (tertiary/aromatic N) is 2. The lowest BCUT2D eigenvalue weighted by molar-refractivity contribution is 0.569. The van der Waals surface area contributed by atoms with Crippen molar-refractivity contribution in [2.75, 3.05) is 0 Å². The molecule has 4 heteroatoms. The lowest BCUT2D eigenvalue weighted by atomic mass is 9.93. The molecule has 1 unspecified atom stereocenters. The summed E-state index contributed by atoms with van der Waals surface area (Å²) < 4.78 is 0. The molecule has 2 aromatic heterocycles. The van der Waals surface area contributed by atoms with Gasteiger partial charge in [-0.1, -0.05) is 26.8 Å². The second-order valence-electron chi connectivity index (χ2n) is 6.31. The largest absolute Gasteiger partial charge is 0.324 e. The van der Waals surface area contributed by atoms with Gasteiger partial charge in [0, 0.05) is 34.6 Å². The molecule has 20 heavy (non-hydrogen) atoms. The average molecular weight is 289 g/mol. The fourth-order valence-corrected chi connectivity index (χ4v) is 3.22. The zero-order chi connectivity index (χ0) is 14.9. The monoisotopic (exact) mass is 289 g/mol. The molecule has 0 bridgehead atoms. The van der Waals surface area contributed by atoms with E-state index in [1.165, 1.54) is 0 Å². The first-order valence-electron chi connectivity index (χ1n) is 6.92. The number of thiazole rings is 1. The first-order chi connectivity index (χ1) is 9.27. The van der Waals surface area contributed by atoms with Gasteiger partial charge >= 0.3 is 0 Å². The molecule has 0 aliphatic heterocycles. The summed E-state index contributed by atoms with van der Waals surface area (Å²) in [5, 5.41) is 3.24. The number of hydrogen-bond acceptors (Lipinski definition) is 4. The van der Waals surface area contributed by atoms with Crippen molar-refractivity contribution in [3.8, 4) is 0 Å². The van der Waals surface area contributed by atoms with E-state index >= 15 is 0 Å². The van der Waals surface area contributed by atoms with Gasteiger partial charge in [-0.05, 0) is 25.5 Å². The van der Waals surface area contributed by atoms with Crippen molar-refractivity contribution in [1.82, 2.24) is 9.97 Å². The van der Waals surface area contributed by atoms with Crippen molar-refractivity contribution >= 4 is 11.3 Å². The van der Waals surface area contributed by atoms with Crippen molar-refractivity contribution in [2.45, 2.75) is 52.5 Å². The summed E-state index contributed by atoms with van der Waals surface area (Å²) in [6.07, 6.45) is 0.770. The molecular weight excluding hydrogens is 266 g/mol. The second-order valence-corrected chi connectivity index (χ2v) is 7.26. The molecule has 0 aliphatic rings. The molecule has 0 saturated carbocycles. The fourth-order valence-electron chi connectivity index (χ4n) is 2.14. The maximum Gasteiger partial charge on any atom is 0.0947 e. The molecule has 2 heterocycles. The van der Waals surface area contributed by atoms with Crippen LogP contribution in [0.2, 0.25) is 0 Å². The molecule has 1 atom stereocenters. The maximum absolute atomic E-state index is 6.32. The molecule has 2 rings (SSSR count). The van der Waals surface area contributed by atoms with E-state index in [1.54, 1.807) is 11.3 Å². The van der Waals surface area contributed by atoms with Crippen LogP contribution < -0.4 is 5.73 Å². The van der Waals surface area contributed by atoms with E-state index in [0.717, 1.165) is 34.1 Å². The van der Waals surface area contributed by atoms with E-state index in [2.05, 4.69) is 37.2 Å². The van der Waals surface area contributed by atoms with Gasteiger partial charge in [0.1, 0.15) is 0 Å². The highest BCUT2D eigenvalue weighted by Crippen LogP contribution is 2.26. The Hall–Kier alpha value is -1.26. The number of pyridine rings is 1. The molecule has 0 fully saturated rings. The summed E-state index contributed by atoms with van der Waals surface area (Å²) in [7, 11) is 0. The van der Waals surface area contributed by atoms with Gasteiger partial charge in [-0.25, -0.2) is 4.98 Å². The summed E-state index contributed by atoms with van der Waals surface area (Å²) >= 11 is 1.70. The molecule has 0 aromatic carbocycles. The van der Waals surface area contributed by atoms with Crippen LogP contribution in [0.5, 0.6) is 0 Å². The zero-order valence-electron chi connectivity index (χ0n) is 12.9. The van der Waals surface area contributed by atoms with Crippen molar-refractivity contribution in [1.29, 1.82) is 0 Å². The van der Waals surface area contributed by atoms with Crippen molar-refractivity contribution < 1.29 is 0 Å². The third-order valence-electron chi connectivity index (χ3n) is 3.38. The van der Waals surface area contributed by atoms with E-state index in [4.69, 9.17) is 10.7 Å². The van der Waals surface area contributed by atoms with E-state index in [1.807, 2.05) is 19.9 Å². The number of aromatic nitrogens is 2. The van der Waals surface area contributed by atoms with Gasteiger partial charge in [-0.2, -0.15) is 0 Å². The summed E-state index contributed by atoms with van der Waals surface area (Å²) in [5.41, 5.74) is 10.7. The van der Waals surface area contributed by atoms with Crippen LogP contribution >= 0.6 is 11.3 Å². The van der Waals surface area contributed by atoms with E-state index in [9.17, 15) is 0 Å². The maximum atomic E-state index is 6.32. The quantitative estimate of drug-likeness (QED) is 0.937. The molecule has 0 saturated heterocycles. The van der Waals surface area contributed by atoms with Crippen LogP contribution in [0.1, 0.15) is 54.5 Å². The Labute approximate surface area is 125 Å². The van der Waals surface area contributed by atoms with Gasteiger partial charge in [0.25, 0.3) is 0 Å². The smallest absolute Gasteiger partial charge is 0.0947 e. The Bertz CT molecular complexity index is 596. The van der Waals surface area contributed by atoms with E-state index < -0.39 is 0 Å². The van der Waals surface area contributed by atoms with Crippen molar-refractivity contribution in [3.63, 3.8) is 0 Å². The molecule has 0 amide bonds. The third kappa shape index (κ3) is 3.44. The minimum atomic E-state index is -0.0398. The summed E-state index contributed by atoms with van der Waals surface area (Å²) in [6, 6.07) is 4.06.